The lowest BCUT2D eigenvalue weighted by atomic mass is 9.94. The summed E-state index contributed by atoms with van der Waals surface area (Å²) in [5.74, 6) is -0.135. The van der Waals surface area contributed by atoms with Crippen molar-refractivity contribution < 1.29 is 255 Å². The molecule has 8 aliphatic rings. The van der Waals surface area contributed by atoms with E-state index in [1.54, 1.807) is 0 Å². The molecule has 0 saturated carbocycles. The molecular weight excluding hydrogens is 2050 g/mol. The summed E-state index contributed by atoms with van der Waals surface area (Å²) in [5, 5.41) is 72.7. The minimum absolute atomic E-state index is 0.00986. The SMILES string of the molecule is COCC1O[C@@H](O[C@H]2C(OC)C(OC)[C@@H](O[C@H]3C(OC)C(OC)[C@H](OC)O[C@H]3COC)O[C@H]2COC)C(OC)[C@@H](OC)[C@@H]1O[C@@H]1OC(CNC(=O)CCCCCNC(=O)CCCCCNC(=O)CCCCC2SCC3NC(=O)NC32)[C@@H](O[C@@H]2O[C@@H](COS(=O)(=O)[O-])[C@@H](O[C@H]3O[C@@H](COS(=O)(=O)[O-])[C@@H](OSOO[O-])C(OSOO[O-])C3OSOO[O-])C(OSOO[O-])C2OS(=O)(=O)[O-])[C@H](OC)C1OC. The van der Waals surface area contributed by atoms with Gasteiger partial charge in [0, 0.05) is 135 Å². The predicted molar refractivity (Wildman–Crippen MR) is 440 cm³/mol. The number of unbranched alkanes of at least 4 members (excludes halogenated alkanes) is 5. The first kappa shape index (κ1) is 121. The highest BCUT2D eigenvalue weighted by Crippen LogP contribution is 2.45. The Hall–Kier alpha value is -2.52. The zero-order valence-corrected chi connectivity index (χ0v) is 82.7. The molecule has 8 aliphatic heterocycles. The van der Waals surface area contributed by atoms with Crippen molar-refractivity contribution in [2.75, 3.05) is 144 Å². The monoisotopic (exact) mass is 2160 g/mol. The number of carbonyl (C=O) groups excluding carboxylic acids is 4. The van der Waals surface area contributed by atoms with Crippen molar-refractivity contribution in [3.05, 3.63) is 0 Å². The standard InChI is InChI=1S/C70H123N5O55S8/c1-93-28-36-47(53(97-5)58(100-8)64(104-12)108-36)115-66-61(103-11)55(99-7)49(38(110-66)30-95-3)116-67-60(102-10)54(98-6)48(37(109-67)29-94-2)114-65-59(101-9)52(96-4)46(35(107-65)27-73-44(78)23-16-14-20-25-71-42(76)22-15-13-19-26-72-43(77)24-18-17-21-41-45-34(33-131-41)74-70(79)75-45)113-69-63(122-138(90,91)92)56(119-133-128-124-81)50(39(111-69)31-105-136(84,85)86)117-68-62(121-135-130-126-83)57(120-134-129-125-82)51(118-132-127-123-80)40(112-68)32-106-137(87,88)89/h34-41,45-69,80-83H,13-33H2,1-12H3,(H,71,76)(H,72,77)(H,73,78)(H2,74,75,79)(H,84,85,86)(H,87,88,89)(H,90,91,92)/p-7/t34?,35?,36-,37?,38-,39-,40-,41?,45?,46+,47+,48+,49+,50+,51+,52-,53?,54-,55?,56?,57?,58?,59?,60?,61?,62?,63?,64+,65-,66+,67-,68+,69-/m0/s1. The maximum Gasteiger partial charge on any atom is 0.315 e. The second-order valence-corrected chi connectivity index (χ2v) is 37.1. The topological polar surface area (TPSA) is 743 Å². The maximum atomic E-state index is 14.3. The molecule has 8 heterocycles. The Morgan fingerprint density at radius 3 is 1.07 bits per heavy atom. The number of thioether (sulfide) groups is 1. The molecule has 0 aromatic carbocycles. The summed E-state index contributed by atoms with van der Waals surface area (Å²) in [6.07, 6.45) is -45.7. The van der Waals surface area contributed by atoms with Gasteiger partial charge in [-0.25, -0.2) is 30.0 Å². The van der Waals surface area contributed by atoms with Crippen molar-refractivity contribution in [2.45, 2.75) is 279 Å². The molecule has 0 radical (unpaired) electrons. The van der Waals surface area contributed by atoms with E-state index in [4.69, 9.17) is 130 Å². The van der Waals surface area contributed by atoms with Gasteiger partial charge in [-0.3, -0.25) is 63.8 Å². The first-order valence-corrected chi connectivity index (χ1v) is 49.9. The van der Waals surface area contributed by atoms with Gasteiger partial charge in [0.05, 0.1) is 45.1 Å². The van der Waals surface area contributed by atoms with Crippen LogP contribution in [0.15, 0.2) is 0 Å². The molecule has 806 valence electrons. The van der Waals surface area contributed by atoms with E-state index >= 15 is 0 Å². The normalized spacial score (nSPS) is 34.7. The second kappa shape index (κ2) is 62.7. The van der Waals surface area contributed by atoms with Gasteiger partial charge < -0.3 is 170 Å². The van der Waals surface area contributed by atoms with Crippen LogP contribution in [0.25, 0.3) is 0 Å². The molecule has 33 atom stereocenters. The number of rotatable bonds is 68. The highest BCUT2D eigenvalue weighted by Gasteiger charge is 2.62. The van der Waals surface area contributed by atoms with Gasteiger partial charge in [-0.1, -0.05) is 19.3 Å². The van der Waals surface area contributed by atoms with Gasteiger partial charge in [-0.15, -0.1) is 17.3 Å². The summed E-state index contributed by atoms with van der Waals surface area (Å²) in [6, 6.07) is 0.0579. The van der Waals surface area contributed by atoms with Crippen LogP contribution in [0, 0.1) is 0 Å². The van der Waals surface area contributed by atoms with E-state index in [0.717, 1.165) is 32.8 Å². The molecule has 0 aliphatic carbocycles. The van der Waals surface area contributed by atoms with Crippen LogP contribution < -0.4 is 47.6 Å². The zero-order chi connectivity index (χ0) is 101. The highest BCUT2D eigenvalue weighted by molar-refractivity contribution is 8.00. The summed E-state index contributed by atoms with van der Waals surface area (Å²) in [7, 11) is -2.03. The number of urea groups is 1. The van der Waals surface area contributed by atoms with Gasteiger partial charge in [-0.2, -0.15) is 11.8 Å². The van der Waals surface area contributed by atoms with E-state index in [0.29, 0.717) is 56.7 Å². The van der Waals surface area contributed by atoms with Crippen LogP contribution in [-0.2, 0) is 221 Å². The van der Waals surface area contributed by atoms with Crippen LogP contribution in [0.4, 0.5) is 4.79 Å². The summed E-state index contributed by atoms with van der Waals surface area (Å²) >= 11 is 0.0577. The minimum atomic E-state index is -6.29. The lowest BCUT2D eigenvalue weighted by Gasteiger charge is -2.52. The number of ether oxygens (including phenoxy) is 23. The van der Waals surface area contributed by atoms with E-state index in [1.165, 1.54) is 71.1 Å². The Morgan fingerprint density at radius 1 is 0.362 bits per heavy atom. The number of nitrogens with one attached hydrogen (secondary N) is 5. The van der Waals surface area contributed by atoms with Gasteiger partial charge >= 0.3 is 6.03 Å². The molecule has 0 aromatic heterocycles. The van der Waals surface area contributed by atoms with Crippen LogP contribution in [-0.4, -0.2) is 408 Å². The molecule has 8 fully saturated rings. The smallest absolute Gasteiger partial charge is 0.315 e. The van der Waals surface area contributed by atoms with E-state index in [-0.39, 0.29) is 87.9 Å². The van der Waals surface area contributed by atoms with Crippen LogP contribution in [0.5, 0.6) is 0 Å². The quantitative estimate of drug-likeness (QED) is 0.00719. The average Bonchev–Trinajstić information content (AvgIpc) is 0.871. The number of hydrogen-bond donors (Lipinski definition) is 5. The molecule has 60 nitrogen and oxygen atoms in total. The van der Waals surface area contributed by atoms with Gasteiger partial charge in [0.1, 0.15) is 134 Å². The summed E-state index contributed by atoms with van der Waals surface area (Å²) in [6.45, 7) is -3.79. The number of amides is 5. The van der Waals surface area contributed by atoms with E-state index < -0.39 is 278 Å². The first-order chi connectivity index (χ1) is 66.3. The molecule has 8 saturated heterocycles. The van der Waals surface area contributed by atoms with Crippen molar-refractivity contribution in [2.24, 2.45) is 0 Å². The predicted octanol–water partition coefficient (Wildman–Crippen LogP) is -6.35. The van der Waals surface area contributed by atoms with Crippen molar-refractivity contribution in [3.63, 3.8) is 0 Å². The third-order valence-corrected chi connectivity index (χ3v) is 27.1. The molecule has 0 spiro atoms. The summed E-state index contributed by atoms with van der Waals surface area (Å²) in [5.41, 5.74) is 0. The third kappa shape index (κ3) is 36.8. The summed E-state index contributed by atoms with van der Waals surface area (Å²) in [4.78, 5) is 51.5. The first-order valence-electron chi connectivity index (χ1n) is 42.2. The maximum absolute atomic E-state index is 14.3. The van der Waals surface area contributed by atoms with Gasteiger partial charge in [0.15, 0.2) is 99.2 Å². The summed E-state index contributed by atoms with van der Waals surface area (Å²) < 4.78 is 310. The minimum Gasteiger partial charge on any atom is -0.726 e. The molecule has 15 unspecified atom stereocenters. The Balaban J connectivity index is 1.08. The Morgan fingerprint density at radius 2 is 0.688 bits per heavy atom. The largest absolute Gasteiger partial charge is 0.726 e. The Bertz CT molecular complexity index is 3840. The molecule has 8 rings (SSSR count). The van der Waals surface area contributed by atoms with E-state index in [1.807, 2.05) is 11.8 Å². The van der Waals surface area contributed by atoms with Gasteiger partial charge in [0.2, 0.25) is 48.9 Å². The van der Waals surface area contributed by atoms with Crippen LogP contribution >= 0.6 is 61.1 Å². The van der Waals surface area contributed by atoms with Gasteiger partial charge in [0.25, 0.3) is 0 Å². The van der Waals surface area contributed by atoms with Crippen LogP contribution in [0.1, 0.15) is 77.0 Å². The fourth-order valence-electron chi connectivity index (χ4n) is 16.6. The Kier molecular flexibility index (Phi) is 54.8. The molecule has 5 amide bonds. The van der Waals surface area contributed by atoms with Crippen molar-refractivity contribution >= 4 is 116 Å². The zero-order valence-electron chi connectivity index (χ0n) is 76.1. The molecular formula is C70H116N5O55S8-7. The molecule has 68 heteroatoms. The number of fused-ring (bicyclic) bond motifs is 1. The fraction of sp³-hybridized carbons (Fsp3) is 0.943. The number of methoxy groups -OCH3 is 12. The molecule has 0 bridgehead atoms. The Labute approximate surface area is 815 Å². The lowest BCUT2D eigenvalue weighted by molar-refractivity contribution is -0.778. The number of carbonyl (C=O) groups is 4. The van der Waals surface area contributed by atoms with E-state index in [9.17, 15) is 79.1 Å². The fourth-order valence-corrected chi connectivity index (χ4v) is 20.7. The van der Waals surface area contributed by atoms with Crippen molar-refractivity contribution in [1.29, 1.82) is 0 Å². The van der Waals surface area contributed by atoms with E-state index in [2.05, 4.69) is 72.4 Å². The molecule has 0 aromatic rings. The highest BCUT2D eigenvalue weighted by atomic mass is 32.3. The number of hydrogen-bond acceptors (Lipinski definition) is 60. The third-order valence-electron chi connectivity index (χ3n) is 22.6. The van der Waals surface area contributed by atoms with Crippen LogP contribution in [0.3, 0.4) is 0 Å². The lowest BCUT2D eigenvalue weighted by Crippen LogP contribution is -2.69. The average molecular weight is 2160 g/mol. The van der Waals surface area contributed by atoms with Crippen molar-refractivity contribution in [3.8, 4) is 0 Å². The van der Waals surface area contributed by atoms with Crippen molar-refractivity contribution in [1.82, 2.24) is 26.6 Å². The molecule has 5 N–H and O–H groups in total. The van der Waals surface area contributed by atoms with Crippen LogP contribution in [0.2, 0.25) is 0 Å². The second-order valence-electron chi connectivity index (χ2n) is 30.9. The molecule has 138 heavy (non-hydrogen) atoms. The van der Waals surface area contributed by atoms with Gasteiger partial charge in [-0.05, 0) is 38.5 Å².